The van der Waals surface area contributed by atoms with Crippen LogP contribution in [0.1, 0.15) is 26.2 Å². The quantitative estimate of drug-likeness (QED) is 0.903. The molecule has 1 aromatic heterocycles. The van der Waals surface area contributed by atoms with Gasteiger partial charge in [-0.25, -0.2) is 4.79 Å². The SMILES string of the molecule is CCCn1ccc2ccc(NC(=O)N3CCC[C@@H](COC)C3)cc21. The maximum absolute atomic E-state index is 12.6. The van der Waals surface area contributed by atoms with E-state index in [1.54, 1.807) is 7.11 Å². The number of anilines is 1. The Morgan fingerprint density at radius 3 is 3.04 bits per heavy atom. The van der Waals surface area contributed by atoms with Gasteiger partial charge in [0.15, 0.2) is 0 Å². The van der Waals surface area contributed by atoms with E-state index >= 15 is 0 Å². The lowest BCUT2D eigenvalue weighted by Gasteiger charge is -2.32. The maximum Gasteiger partial charge on any atom is 0.321 e. The van der Waals surface area contributed by atoms with Gasteiger partial charge in [-0.05, 0) is 42.8 Å². The molecule has 0 aliphatic carbocycles. The van der Waals surface area contributed by atoms with Crippen LogP contribution in [0.5, 0.6) is 0 Å². The number of hydrogen-bond donors (Lipinski definition) is 1. The van der Waals surface area contributed by atoms with Gasteiger partial charge in [0.05, 0.1) is 12.1 Å². The first-order valence-corrected chi connectivity index (χ1v) is 8.85. The minimum atomic E-state index is -0.0104. The van der Waals surface area contributed by atoms with Crippen LogP contribution in [0.15, 0.2) is 30.5 Å². The number of aromatic nitrogens is 1. The fourth-order valence-electron chi connectivity index (χ4n) is 3.52. The molecule has 5 nitrogen and oxygen atoms in total. The fraction of sp³-hybridized carbons (Fsp3) is 0.526. The third-order valence-electron chi connectivity index (χ3n) is 4.70. The number of ether oxygens (including phenoxy) is 1. The zero-order chi connectivity index (χ0) is 16.9. The van der Waals surface area contributed by atoms with Crippen LogP contribution < -0.4 is 5.32 Å². The molecule has 0 radical (unpaired) electrons. The van der Waals surface area contributed by atoms with Crippen LogP contribution in [-0.4, -0.2) is 42.3 Å². The molecular weight excluding hydrogens is 302 g/mol. The van der Waals surface area contributed by atoms with E-state index in [1.165, 1.54) is 10.9 Å². The number of likely N-dealkylation sites (tertiary alicyclic amines) is 1. The molecule has 1 N–H and O–H groups in total. The van der Waals surface area contributed by atoms with E-state index in [0.29, 0.717) is 5.92 Å². The number of rotatable bonds is 5. The number of amides is 2. The number of urea groups is 1. The van der Waals surface area contributed by atoms with E-state index in [1.807, 2.05) is 11.0 Å². The summed E-state index contributed by atoms with van der Waals surface area (Å²) in [6, 6.07) is 8.23. The smallest absolute Gasteiger partial charge is 0.321 e. The summed E-state index contributed by atoms with van der Waals surface area (Å²) in [5, 5.41) is 4.27. The minimum absolute atomic E-state index is 0.0104. The molecule has 0 unspecified atom stereocenters. The van der Waals surface area contributed by atoms with Gasteiger partial charge in [0.2, 0.25) is 0 Å². The summed E-state index contributed by atoms with van der Waals surface area (Å²) in [6.45, 7) is 5.48. The average Bonchev–Trinajstić information content (AvgIpc) is 2.98. The summed E-state index contributed by atoms with van der Waals surface area (Å²) >= 11 is 0. The molecule has 1 aliphatic heterocycles. The lowest BCUT2D eigenvalue weighted by atomic mass is 9.99. The average molecular weight is 329 g/mol. The number of aryl methyl sites for hydroxylation is 1. The first kappa shape index (κ1) is 16.8. The van der Waals surface area contributed by atoms with Gasteiger partial charge in [0, 0.05) is 44.5 Å². The third-order valence-corrected chi connectivity index (χ3v) is 4.70. The van der Waals surface area contributed by atoms with Crippen molar-refractivity contribution in [1.82, 2.24) is 9.47 Å². The van der Waals surface area contributed by atoms with Crippen molar-refractivity contribution in [2.75, 3.05) is 32.1 Å². The Morgan fingerprint density at radius 2 is 2.25 bits per heavy atom. The topological polar surface area (TPSA) is 46.5 Å². The van der Waals surface area contributed by atoms with Crippen molar-refractivity contribution in [3.8, 4) is 0 Å². The van der Waals surface area contributed by atoms with E-state index < -0.39 is 0 Å². The summed E-state index contributed by atoms with van der Waals surface area (Å²) in [5.41, 5.74) is 2.03. The minimum Gasteiger partial charge on any atom is -0.384 e. The second-order valence-electron chi connectivity index (χ2n) is 6.62. The number of nitrogens with one attached hydrogen (secondary N) is 1. The van der Waals surface area contributed by atoms with Gasteiger partial charge in [-0.2, -0.15) is 0 Å². The highest BCUT2D eigenvalue weighted by Gasteiger charge is 2.23. The zero-order valence-electron chi connectivity index (χ0n) is 14.6. The van der Waals surface area contributed by atoms with Crippen LogP contribution in [0, 0.1) is 5.92 Å². The van der Waals surface area contributed by atoms with E-state index in [-0.39, 0.29) is 6.03 Å². The van der Waals surface area contributed by atoms with Gasteiger partial charge in [-0.3, -0.25) is 0 Å². The lowest BCUT2D eigenvalue weighted by Crippen LogP contribution is -2.43. The number of benzene rings is 1. The molecule has 2 amide bonds. The standard InChI is InChI=1S/C19H27N3O2/c1-3-9-21-11-8-16-6-7-17(12-18(16)21)20-19(23)22-10-4-5-15(13-22)14-24-2/h6-8,11-12,15H,3-5,9-10,13-14H2,1-2H3,(H,20,23)/t15-/m1/s1. The molecule has 0 bridgehead atoms. The molecule has 1 aliphatic rings. The second-order valence-corrected chi connectivity index (χ2v) is 6.62. The maximum atomic E-state index is 12.6. The van der Waals surface area contributed by atoms with Gasteiger partial charge >= 0.3 is 6.03 Å². The van der Waals surface area contributed by atoms with Gasteiger partial charge in [-0.1, -0.05) is 13.0 Å². The molecule has 2 heterocycles. The zero-order valence-corrected chi connectivity index (χ0v) is 14.6. The Balaban J connectivity index is 1.69. The first-order chi connectivity index (χ1) is 11.7. The monoisotopic (exact) mass is 329 g/mol. The predicted molar refractivity (Wildman–Crippen MR) is 97.4 cm³/mol. The number of methoxy groups -OCH3 is 1. The molecule has 130 valence electrons. The molecular formula is C19H27N3O2. The van der Waals surface area contributed by atoms with E-state index in [0.717, 1.165) is 51.2 Å². The largest absolute Gasteiger partial charge is 0.384 e. The van der Waals surface area contributed by atoms with Crippen LogP contribution in [-0.2, 0) is 11.3 Å². The van der Waals surface area contributed by atoms with Crippen LogP contribution in [0.4, 0.5) is 10.5 Å². The van der Waals surface area contributed by atoms with Gasteiger partial charge in [0.25, 0.3) is 0 Å². The highest BCUT2D eigenvalue weighted by Crippen LogP contribution is 2.22. The Morgan fingerprint density at radius 1 is 1.38 bits per heavy atom. The number of carbonyl (C=O) groups excluding carboxylic acids is 1. The van der Waals surface area contributed by atoms with Crippen molar-refractivity contribution in [1.29, 1.82) is 0 Å². The van der Waals surface area contributed by atoms with Gasteiger partial charge in [0.1, 0.15) is 0 Å². The number of fused-ring (bicyclic) bond motifs is 1. The Kier molecular flexibility index (Phi) is 5.41. The molecule has 2 aromatic rings. The van der Waals surface area contributed by atoms with E-state index in [9.17, 15) is 4.79 Å². The van der Waals surface area contributed by atoms with Gasteiger partial charge in [-0.15, -0.1) is 0 Å². The summed E-state index contributed by atoms with van der Waals surface area (Å²) in [5.74, 6) is 0.443. The molecule has 0 spiro atoms. The van der Waals surface area contributed by atoms with Crippen molar-refractivity contribution >= 4 is 22.6 Å². The van der Waals surface area contributed by atoms with Crippen LogP contribution in [0.2, 0.25) is 0 Å². The van der Waals surface area contributed by atoms with Crippen LogP contribution in [0.3, 0.4) is 0 Å². The predicted octanol–water partition coefficient (Wildman–Crippen LogP) is 3.94. The molecule has 3 rings (SSSR count). The van der Waals surface area contributed by atoms with Gasteiger partial charge < -0.3 is 19.5 Å². The van der Waals surface area contributed by atoms with Crippen molar-refractivity contribution in [3.63, 3.8) is 0 Å². The molecule has 1 fully saturated rings. The Bertz CT molecular complexity index is 693. The summed E-state index contributed by atoms with van der Waals surface area (Å²) in [7, 11) is 1.72. The number of piperidine rings is 1. The number of hydrogen-bond acceptors (Lipinski definition) is 2. The van der Waals surface area contributed by atoms with Crippen molar-refractivity contribution < 1.29 is 9.53 Å². The fourth-order valence-corrected chi connectivity index (χ4v) is 3.52. The lowest BCUT2D eigenvalue weighted by molar-refractivity contribution is 0.104. The summed E-state index contributed by atoms with van der Waals surface area (Å²) in [6.07, 6.45) is 5.38. The Hall–Kier alpha value is -2.01. The van der Waals surface area contributed by atoms with E-state index in [4.69, 9.17) is 4.74 Å². The summed E-state index contributed by atoms with van der Waals surface area (Å²) < 4.78 is 7.48. The number of nitrogens with zero attached hydrogens (tertiary/aromatic N) is 2. The molecule has 1 atom stereocenters. The normalized spacial score (nSPS) is 18.1. The molecule has 5 heteroatoms. The number of carbonyl (C=O) groups is 1. The highest BCUT2D eigenvalue weighted by atomic mass is 16.5. The molecule has 0 saturated carbocycles. The van der Waals surface area contributed by atoms with Crippen LogP contribution >= 0.6 is 0 Å². The summed E-state index contributed by atoms with van der Waals surface area (Å²) in [4.78, 5) is 14.5. The van der Waals surface area contributed by atoms with Crippen molar-refractivity contribution in [2.45, 2.75) is 32.7 Å². The highest BCUT2D eigenvalue weighted by molar-refractivity contribution is 5.92. The van der Waals surface area contributed by atoms with Crippen molar-refractivity contribution in [3.05, 3.63) is 30.5 Å². The molecule has 1 aromatic carbocycles. The first-order valence-electron chi connectivity index (χ1n) is 8.85. The van der Waals surface area contributed by atoms with Crippen molar-refractivity contribution in [2.24, 2.45) is 5.92 Å². The van der Waals surface area contributed by atoms with E-state index in [2.05, 4.69) is 41.2 Å². The molecule has 24 heavy (non-hydrogen) atoms. The molecule has 1 saturated heterocycles. The Labute approximate surface area is 143 Å². The second kappa shape index (κ2) is 7.71. The third kappa shape index (κ3) is 3.73. The van der Waals surface area contributed by atoms with Crippen LogP contribution in [0.25, 0.3) is 10.9 Å².